The molecule has 0 aliphatic heterocycles. The first-order valence-corrected chi connectivity index (χ1v) is 1.08. The van der Waals surface area contributed by atoms with Crippen LogP contribution in [0.4, 0.5) is 17.3 Å². The van der Waals surface area contributed by atoms with Crippen LogP contribution in [0.2, 0.25) is 0 Å². The molecule has 2 nitrogen and oxygen atoms in total. The summed E-state index contributed by atoms with van der Waals surface area (Å²) < 4.78 is 39.0. The van der Waals surface area contributed by atoms with Crippen LogP contribution >= 0.6 is 0 Å². The van der Waals surface area contributed by atoms with Crippen molar-refractivity contribution >= 4 is 7.25 Å². The van der Waals surface area contributed by atoms with Crippen molar-refractivity contribution in [3.8, 4) is 0 Å². The van der Waals surface area contributed by atoms with Crippen molar-refractivity contribution in [2.75, 3.05) is 0 Å². The molecule has 0 rings (SSSR count). The van der Waals surface area contributed by atoms with Gasteiger partial charge in [0.2, 0.25) is 0 Å². The Hall–Kier alpha value is -0.615. The van der Waals surface area contributed by atoms with Crippen molar-refractivity contribution in [2.24, 2.45) is 0 Å². The number of halogens is 4. The average molecular weight is 119 g/mol. The number of nitroso groups, excluding NO2 is 1. The zero-order chi connectivity index (χ0) is 6.50. The first-order valence-electron chi connectivity index (χ1n) is 1.08. The molecule has 0 aromatic rings. The van der Waals surface area contributed by atoms with Gasteiger partial charge in [0.05, 0.1) is 0 Å². The number of rotatable bonds is 0. The summed E-state index contributed by atoms with van der Waals surface area (Å²) >= 11 is 0. The van der Waals surface area contributed by atoms with E-state index in [1.54, 1.807) is 0 Å². The fourth-order valence-corrected chi connectivity index (χ4v) is 0. The van der Waals surface area contributed by atoms with Crippen molar-refractivity contribution in [2.45, 2.75) is 0 Å². The topological polar surface area (TPSA) is 40.9 Å². The van der Waals surface area contributed by atoms with Crippen molar-refractivity contribution in [1.29, 1.82) is 5.59 Å². The van der Waals surface area contributed by atoms with Gasteiger partial charge in [0.15, 0.2) is 0 Å². The summed E-state index contributed by atoms with van der Waals surface area (Å²) in [7, 11) is -6.00. The van der Waals surface area contributed by atoms with Crippen LogP contribution in [0.3, 0.4) is 0 Å². The molecule has 0 aliphatic carbocycles. The maximum Gasteiger partial charge on any atom is 1.00 e. The Kier molecular flexibility index (Phi) is 4.91. The summed E-state index contributed by atoms with van der Waals surface area (Å²) in [6.07, 6.45) is 0. The lowest BCUT2D eigenvalue weighted by molar-refractivity contribution is 0.368. The Labute approximate surface area is 37.9 Å². The Balaban J connectivity index is -0.0000000750. The molecule has 0 heterocycles. The average Bonchev–Trinajstić information content (AvgIpc) is 1.36. The van der Waals surface area contributed by atoms with Crippen LogP contribution in [0, 0.1) is 10.5 Å². The van der Waals surface area contributed by atoms with E-state index in [-0.39, 0.29) is 1.43 Å². The highest BCUT2D eigenvalue weighted by Crippen LogP contribution is 2.06. The third-order valence-corrected chi connectivity index (χ3v) is 0. The Morgan fingerprint density at radius 2 is 1.14 bits per heavy atom. The summed E-state index contributed by atoms with van der Waals surface area (Å²) in [6, 6.07) is 0. The molecule has 0 aromatic heterocycles. The van der Waals surface area contributed by atoms with Crippen molar-refractivity contribution in [3.63, 3.8) is 0 Å². The van der Waals surface area contributed by atoms with Crippen LogP contribution in [-0.4, -0.2) is 7.25 Å². The molecule has 0 fully saturated rings. The van der Waals surface area contributed by atoms with E-state index in [0.29, 0.717) is 0 Å². The molecular weight excluding hydrogens is 117 g/mol. The van der Waals surface area contributed by atoms with E-state index >= 15 is 0 Å². The molecule has 7 heteroatoms. The van der Waals surface area contributed by atoms with Gasteiger partial charge in [-0.15, -0.1) is 0 Å². The van der Waals surface area contributed by atoms with Crippen molar-refractivity contribution in [1.82, 2.24) is 0 Å². The maximum absolute atomic E-state index is 9.75. The van der Waals surface area contributed by atoms with E-state index in [1.807, 2.05) is 0 Å². The minimum atomic E-state index is -6.00. The van der Waals surface area contributed by atoms with Gasteiger partial charge in [-0.1, -0.05) is 5.59 Å². The summed E-state index contributed by atoms with van der Waals surface area (Å²) in [5.41, 5.74) is 4.50. The zero-order valence-electron chi connectivity index (χ0n) is 4.00. The molecule has 44 valence electrons. The van der Waals surface area contributed by atoms with Crippen molar-refractivity contribution in [3.05, 3.63) is 4.91 Å². The molecule has 0 atom stereocenters. The molecule has 0 amide bonds. The Bertz CT molecular complexity index is 39.8. The number of hydrogen-bond donors (Lipinski definition) is 1. The molecule has 0 unspecified atom stereocenters. The van der Waals surface area contributed by atoms with Crippen LogP contribution in [0.1, 0.15) is 1.43 Å². The third-order valence-electron chi connectivity index (χ3n) is 0. The van der Waals surface area contributed by atoms with E-state index in [0.717, 1.165) is 0 Å². The standard InChI is InChI=1S/BF4.HNO/c2-1(3,4)5;1-2/h;1H/q-1;/p+1. The van der Waals surface area contributed by atoms with Gasteiger partial charge in [-0.25, -0.2) is 0 Å². The molecule has 7 heavy (non-hydrogen) atoms. The van der Waals surface area contributed by atoms with Gasteiger partial charge < -0.3 is 17.3 Å². The molecule has 0 bridgehead atoms. The smallest absolute Gasteiger partial charge is 0.418 e. The highest BCUT2D eigenvalue weighted by Gasteiger charge is 2.20. The lowest BCUT2D eigenvalue weighted by Crippen LogP contribution is -2.02. The van der Waals surface area contributed by atoms with Gasteiger partial charge in [0, 0.05) is 0 Å². The second-order valence-corrected chi connectivity index (χ2v) is 0.495. The SMILES string of the molecule is F[B-](F)(F)F.N=O.[H+]. The predicted octanol–water partition coefficient (Wildman–Crippen LogP) is 1.74. The van der Waals surface area contributed by atoms with Crippen LogP contribution in [0.25, 0.3) is 0 Å². The van der Waals surface area contributed by atoms with Crippen LogP contribution < -0.4 is 0 Å². The van der Waals surface area contributed by atoms with E-state index in [9.17, 15) is 17.3 Å². The molecule has 1 N–H and O–H groups in total. The van der Waals surface area contributed by atoms with E-state index < -0.39 is 7.25 Å². The molecule has 0 spiro atoms. The van der Waals surface area contributed by atoms with Crippen LogP contribution in [0.5, 0.6) is 0 Å². The summed E-state index contributed by atoms with van der Waals surface area (Å²) in [5, 5.41) is 0. The van der Waals surface area contributed by atoms with Crippen molar-refractivity contribution < 1.29 is 18.7 Å². The van der Waals surface area contributed by atoms with E-state index in [1.165, 1.54) is 0 Å². The van der Waals surface area contributed by atoms with Crippen LogP contribution in [0.15, 0.2) is 0 Å². The lowest BCUT2D eigenvalue weighted by atomic mass is 10.3. The molecule has 0 radical (unpaired) electrons. The molecule has 0 aliphatic rings. The molecule has 0 saturated carbocycles. The highest BCUT2D eigenvalue weighted by atomic mass is 19.5. The first-order chi connectivity index (χ1) is 3.00. The second-order valence-electron chi connectivity index (χ2n) is 0.495. The minimum Gasteiger partial charge on any atom is -0.418 e. The summed E-state index contributed by atoms with van der Waals surface area (Å²) in [5.74, 6) is 0. The van der Waals surface area contributed by atoms with Gasteiger partial charge in [-0.2, -0.15) is 4.91 Å². The zero-order valence-corrected chi connectivity index (χ0v) is 3.00. The lowest BCUT2D eigenvalue weighted by Gasteiger charge is -1.94. The van der Waals surface area contributed by atoms with Gasteiger partial charge in [-0.3, -0.25) is 0 Å². The van der Waals surface area contributed by atoms with Crippen LogP contribution in [-0.2, 0) is 0 Å². The Morgan fingerprint density at radius 3 is 1.14 bits per heavy atom. The number of nitrogens with one attached hydrogen (secondary N) is 1. The number of hydrogen-bond acceptors (Lipinski definition) is 2. The monoisotopic (exact) mass is 119 g/mol. The first kappa shape index (κ1) is 9.63. The van der Waals surface area contributed by atoms with Gasteiger partial charge >= 0.3 is 8.68 Å². The third kappa shape index (κ3) is 163. The largest absolute Gasteiger partial charge is 1.00 e. The fraction of sp³-hybridized carbons (Fsp3) is 0. The van der Waals surface area contributed by atoms with Gasteiger partial charge in [0.1, 0.15) is 0 Å². The highest BCUT2D eigenvalue weighted by molar-refractivity contribution is 6.50. The molecular formula is H2BF4NO. The summed E-state index contributed by atoms with van der Waals surface area (Å²) in [4.78, 5) is 7.50. The second kappa shape index (κ2) is 3.57. The summed E-state index contributed by atoms with van der Waals surface area (Å²) in [6.45, 7) is 0. The minimum absolute atomic E-state index is 0. The van der Waals surface area contributed by atoms with Gasteiger partial charge in [0.25, 0.3) is 0 Å². The fourth-order valence-electron chi connectivity index (χ4n) is 0. The van der Waals surface area contributed by atoms with E-state index in [2.05, 4.69) is 5.59 Å². The predicted molar refractivity (Wildman–Crippen MR) is 17.4 cm³/mol. The molecule has 0 aromatic carbocycles. The maximum atomic E-state index is 9.75. The van der Waals surface area contributed by atoms with E-state index in [4.69, 9.17) is 4.91 Å². The molecule has 0 saturated heterocycles. The Morgan fingerprint density at radius 1 is 1.14 bits per heavy atom. The van der Waals surface area contributed by atoms with Gasteiger partial charge in [-0.05, 0) is 0 Å². The quantitative estimate of drug-likeness (QED) is 0.294. The normalized spacial score (nSPS) is 9.14.